The van der Waals surface area contributed by atoms with Crippen LogP contribution in [0.5, 0.6) is 0 Å². The molecule has 0 radical (unpaired) electrons. The van der Waals surface area contributed by atoms with Gasteiger partial charge in [-0.2, -0.15) is 0 Å². The van der Waals surface area contributed by atoms with Crippen molar-refractivity contribution in [3.63, 3.8) is 0 Å². The Hall–Kier alpha value is -1.39. The molecule has 0 aliphatic heterocycles. The summed E-state index contributed by atoms with van der Waals surface area (Å²) in [6.45, 7) is 9.27. The van der Waals surface area contributed by atoms with E-state index in [1.807, 2.05) is 58.0 Å². The first-order valence-electron chi connectivity index (χ1n) is 6.86. The standard InChI is InChI=1S/C14H21NO2.C2H6O/c1-10(15)12(11-8-6-5-7-9-11)17-13(16)14(2,3)4;1-2-3/h5-10,12H,15H2,1-4H3;3H,2H2,1H3. The number of hydrogen-bond donors (Lipinski definition) is 2. The minimum absolute atomic E-state index is 0.233. The lowest BCUT2D eigenvalue weighted by atomic mass is 9.96. The van der Waals surface area contributed by atoms with Crippen LogP contribution in [0.3, 0.4) is 0 Å². The number of carbonyl (C=O) groups excluding carboxylic acids is 1. The quantitative estimate of drug-likeness (QED) is 0.835. The first-order chi connectivity index (χ1) is 9.23. The summed E-state index contributed by atoms with van der Waals surface area (Å²) in [5.74, 6) is -0.233. The number of rotatable bonds is 3. The molecule has 1 rings (SSSR count). The van der Waals surface area contributed by atoms with Crippen molar-refractivity contribution in [3.05, 3.63) is 35.9 Å². The van der Waals surface area contributed by atoms with E-state index in [2.05, 4.69) is 0 Å². The molecule has 0 saturated carbocycles. The summed E-state index contributed by atoms with van der Waals surface area (Å²) in [4.78, 5) is 11.9. The van der Waals surface area contributed by atoms with Crippen molar-refractivity contribution in [1.82, 2.24) is 0 Å². The number of carbonyl (C=O) groups is 1. The highest BCUT2D eigenvalue weighted by Crippen LogP contribution is 2.25. The summed E-state index contributed by atoms with van der Waals surface area (Å²) < 4.78 is 5.50. The van der Waals surface area contributed by atoms with Gasteiger partial charge in [-0.3, -0.25) is 4.79 Å². The number of ether oxygens (including phenoxy) is 1. The number of aliphatic hydroxyl groups is 1. The molecule has 0 fully saturated rings. The molecule has 2 atom stereocenters. The third kappa shape index (κ3) is 6.68. The highest BCUT2D eigenvalue weighted by molar-refractivity contribution is 5.75. The summed E-state index contributed by atoms with van der Waals surface area (Å²) >= 11 is 0. The summed E-state index contributed by atoms with van der Waals surface area (Å²) in [5.41, 5.74) is 6.30. The molecule has 4 heteroatoms. The molecule has 0 spiro atoms. The third-order valence-corrected chi connectivity index (χ3v) is 2.45. The Morgan fingerprint density at radius 3 is 2.10 bits per heavy atom. The number of esters is 1. The molecule has 1 aromatic carbocycles. The summed E-state index contributed by atoms with van der Waals surface area (Å²) in [6.07, 6.45) is -0.386. The van der Waals surface area contributed by atoms with Gasteiger partial charge in [0.05, 0.1) is 5.41 Å². The molecule has 0 heterocycles. The fourth-order valence-corrected chi connectivity index (χ4v) is 1.41. The molecule has 0 saturated heterocycles. The van der Waals surface area contributed by atoms with Crippen molar-refractivity contribution < 1.29 is 14.6 Å². The van der Waals surface area contributed by atoms with Crippen LogP contribution in [0.25, 0.3) is 0 Å². The second kappa shape index (κ2) is 8.72. The summed E-state index contributed by atoms with van der Waals surface area (Å²) in [5, 5.41) is 7.57. The Kier molecular flexibility index (Phi) is 8.11. The average molecular weight is 281 g/mol. The molecule has 3 N–H and O–H groups in total. The number of hydrogen-bond acceptors (Lipinski definition) is 4. The lowest BCUT2D eigenvalue weighted by molar-refractivity contribution is -0.160. The van der Waals surface area contributed by atoms with E-state index in [4.69, 9.17) is 15.6 Å². The smallest absolute Gasteiger partial charge is 0.311 e. The van der Waals surface area contributed by atoms with Gasteiger partial charge in [0.15, 0.2) is 0 Å². The van der Waals surface area contributed by atoms with Gasteiger partial charge in [0.2, 0.25) is 0 Å². The molecule has 0 amide bonds. The Labute approximate surface area is 121 Å². The lowest BCUT2D eigenvalue weighted by Gasteiger charge is -2.26. The van der Waals surface area contributed by atoms with Crippen LogP contribution in [0.15, 0.2) is 30.3 Å². The summed E-state index contributed by atoms with van der Waals surface area (Å²) in [7, 11) is 0. The zero-order valence-corrected chi connectivity index (χ0v) is 13.1. The van der Waals surface area contributed by atoms with Crippen molar-refractivity contribution in [3.8, 4) is 0 Å². The zero-order chi connectivity index (χ0) is 15.8. The van der Waals surface area contributed by atoms with E-state index in [-0.39, 0.29) is 24.7 Å². The van der Waals surface area contributed by atoms with Gasteiger partial charge in [-0.15, -0.1) is 0 Å². The Morgan fingerprint density at radius 2 is 1.75 bits per heavy atom. The monoisotopic (exact) mass is 281 g/mol. The predicted molar refractivity (Wildman–Crippen MR) is 81.1 cm³/mol. The van der Waals surface area contributed by atoms with Crippen molar-refractivity contribution in [1.29, 1.82) is 0 Å². The Bertz CT molecular complexity index is 382. The first-order valence-corrected chi connectivity index (χ1v) is 6.86. The van der Waals surface area contributed by atoms with Gasteiger partial charge >= 0.3 is 5.97 Å². The molecule has 0 bridgehead atoms. The molecular weight excluding hydrogens is 254 g/mol. The number of nitrogens with two attached hydrogens (primary N) is 1. The SMILES string of the molecule is CC(N)C(OC(=O)C(C)(C)C)c1ccccc1.CCO. The van der Waals surface area contributed by atoms with Crippen molar-refractivity contribution in [2.45, 2.75) is 46.8 Å². The van der Waals surface area contributed by atoms with Gasteiger partial charge in [0, 0.05) is 12.6 Å². The molecule has 1 aromatic rings. The van der Waals surface area contributed by atoms with Crippen LogP contribution in [-0.4, -0.2) is 23.7 Å². The molecule has 20 heavy (non-hydrogen) atoms. The van der Waals surface area contributed by atoms with E-state index in [0.717, 1.165) is 5.56 Å². The average Bonchev–Trinajstić information content (AvgIpc) is 2.36. The van der Waals surface area contributed by atoms with Crippen LogP contribution in [0.1, 0.15) is 46.3 Å². The van der Waals surface area contributed by atoms with E-state index in [1.165, 1.54) is 0 Å². The molecular formula is C16H27NO3. The van der Waals surface area contributed by atoms with Crippen LogP contribution >= 0.6 is 0 Å². The van der Waals surface area contributed by atoms with Gasteiger partial charge in [0.1, 0.15) is 6.10 Å². The van der Waals surface area contributed by atoms with Crippen LogP contribution in [0, 0.1) is 5.41 Å². The van der Waals surface area contributed by atoms with Gasteiger partial charge in [0.25, 0.3) is 0 Å². The maximum absolute atomic E-state index is 11.9. The second-order valence-corrected chi connectivity index (χ2v) is 5.66. The van der Waals surface area contributed by atoms with E-state index >= 15 is 0 Å². The Balaban J connectivity index is 0.00000110. The van der Waals surface area contributed by atoms with Crippen LogP contribution in [-0.2, 0) is 9.53 Å². The van der Waals surface area contributed by atoms with E-state index in [0.29, 0.717) is 0 Å². The number of aliphatic hydroxyl groups excluding tert-OH is 1. The van der Waals surface area contributed by atoms with Crippen LogP contribution < -0.4 is 5.73 Å². The first kappa shape index (κ1) is 18.6. The van der Waals surface area contributed by atoms with Gasteiger partial charge in [-0.1, -0.05) is 30.3 Å². The minimum atomic E-state index is -0.512. The Morgan fingerprint density at radius 1 is 1.30 bits per heavy atom. The van der Waals surface area contributed by atoms with Crippen LogP contribution in [0.2, 0.25) is 0 Å². The molecule has 0 aromatic heterocycles. The maximum atomic E-state index is 11.9. The topological polar surface area (TPSA) is 72.5 Å². The largest absolute Gasteiger partial charge is 0.455 e. The predicted octanol–water partition coefficient (Wildman–Crippen LogP) is 2.66. The van der Waals surface area contributed by atoms with Crippen LogP contribution in [0.4, 0.5) is 0 Å². The minimum Gasteiger partial charge on any atom is -0.455 e. The fraction of sp³-hybridized carbons (Fsp3) is 0.562. The van der Waals surface area contributed by atoms with Gasteiger partial charge in [-0.05, 0) is 40.2 Å². The highest BCUT2D eigenvalue weighted by atomic mass is 16.5. The molecule has 0 aliphatic rings. The lowest BCUT2D eigenvalue weighted by Crippen LogP contribution is -2.33. The molecule has 114 valence electrons. The van der Waals surface area contributed by atoms with E-state index in [1.54, 1.807) is 6.92 Å². The second-order valence-electron chi connectivity index (χ2n) is 5.66. The van der Waals surface area contributed by atoms with Crippen molar-refractivity contribution in [2.75, 3.05) is 6.61 Å². The van der Waals surface area contributed by atoms with E-state index < -0.39 is 5.41 Å². The van der Waals surface area contributed by atoms with Gasteiger partial charge in [-0.25, -0.2) is 0 Å². The third-order valence-electron chi connectivity index (χ3n) is 2.45. The van der Waals surface area contributed by atoms with E-state index in [9.17, 15) is 4.79 Å². The molecule has 4 nitrogen and oxygen atoms in total. The molecule has 0 aliphatic carbocycles. The maximum Gasteiger partial charge on any atom is 0.311 e. The van der Waals surface area contributed by atoms with Gasteiger partial charge < -0.3 is 15.6 Å². The fourth-order valence-electron chi connectivity index (χ4n) is 1.41. The summed E-state index contributed by atoms with van der Waals surface area (Å²) in [6, 6.07) is 9.36. The zero-order valence-electron chi connectivity index (χ0n) is 13.1. The number of benzene rings is 1. The normalized spacial score (nSPS) is 13.8. The van der Waals surface area contributed by atoms with Crippen molar-refractivity contribution in [2.24, 2.45) is 11.1 Å². The molecule has 2 unspecified atom stereocenters. The highest BCUT2D eigenvalue weighted by Gasteiger charge is 2.28. The van der Waals surface area contributed by atoms with Crippen molar-refractivity contribution >= 4 is 5.97 Å².